The van der Waals surface area contributed by atoms with Crippen LogP contribution in [0.2, 0.25) is 0 Å². The van der Waals surface area contributed by atoms with Crippen LogP contribution < -0.4 is 5.73 Å². The molecule has 0 aromatic rings. The van der Waals surface area contributed by atoms with E-state index >= 15 is 0 Å². The van der Waals surface area contributed by atoms with Gasteiger partial charge in [0, 0.05) is 20.6 Å². The first-order chi connectivity index (χ1) is 5.22. The van der Waals surface area contributed by atoms with E-state index in [1.54, 1.807) is 7.05 Å². The molecule has 3 nitrogen and oxygen atoms in total. The van der Waals surface area contributed by atoms with Gasteiger partial charge in [0.05, 0.1) is 0 Å². The molecule has 0 aromatic carbocycles. The fraction of sp³-hybridized carbons (Fsp3) is 0.875. The summed E-state index contributed by atoms with van der Waals surface area (Å²) in [6, 6.07) is 0. The van der Waals surface area contributed by atoms with Crippen molar-refractivity contribution in [2.24, 2.45) is 10.7 Å². The van der Waals surface area contributed by atoms with Crippen molar-refractivity contribution in [2.75, 3.05) is 20.6 Å². The molecule has 0 fully saturated rings. The van der Waals surface area contributed by atoms with E-state index in [4.69, 9.17) is 5.73 Å². The lowest BCUT2D eigenvalue weighted by molar-refractivity contribution is 0.470. The van der Waals surface area contributed by atoms with E-state index in [9.17, 15) is 0 Å². The maximum Gasteiger partial charge on any atom is 0.190 e. The average Bonchev–Trinajstić information content (AvgIpc) is 2.03. The van der Waals surface area contributed by atoms with Gasteiger partial charge < -0.3 is 10.6 Å². The van der Waals surface area contributed by atoms with Gasteiger partial charge in [0.25, 0.3) is 0 Å². The lowest BCUT2D eigenvalue weighted by Gasteiger charge is -2.16. The predicted octanol–water partition coefficient (Wildman–Crippen LogP) is 1.05. The summed E-state index contributed by atoms with van der Waals surface area (Å²) in [7, 11) is 3.68. The zero-order valence-corrected chi connectivity index (χ0v) is 7.80. The molecule has 11 heavy (non-hydrogen) atoms. The number of nitrogens with zero attached hydrogens (tertiary/aromatic N) is 2. The molecular weight excluding hydrogens is 138 g/mol. The molecule has 0 unspecified atom stereocenters. The molecule has 0 aromatic heterocycles. The maximum atomic E-state index is 5.57. The molecule has 0 bridgehead atoms. The van der Waals surface area contributed by atoms with Crippen LogP contribution in [0.25, 0.3) is 0 Å². The van der Waals surface area contributed by atoms with Gasteiger partial charge in [-0.25, -0.2) is 0 Å². The summed E-state index contributed by atoms with van der Waals surface area (Å²) in [4.78, 5) is 5.87. The Hall–Kier alpha value is -0.730. The monoisotopic (exact) mass is 157 g/mol. The number of rotatable bonds is 4. The average molecular weight is 157 g/mol. The van der Waals surface area contributed by atoms with Crippen molar-refractivity contribution in [2.45, 2.75) is 26.2 Å². The number of guanidine groups is 1. The molecule has 2 N–H and O–H groups in total. The summed E-state index contributed by atoms with van der Waals surface area (Å²) in [5.74, 6) is 0.626. The summed E-state index contributed by atoms with van der Waals surface area (Å²) >= 11 is 0. The Labute approximate surface area is 69.3 Å². The molecule has 0 aliphatic rings. The van der Waals surface area contributed by atoms with Gasteiger partial charge in [-0.3, -0.25) is 4.99 Å². The Bertz CT molecular complexity index is 121. The maximum absolute atomic E-state index is 5.57. The molecule has 0 amide bonds. The number of unbranched alkanes of at least 4 members (excludes halogenated alkanes) is 2. The van der Waals surface area contributed by atoms with Crippen LogP contribution in [0.15, 0.2) is 4.99 Å². The first kappa shape index (κ1) is 10.3. The van der Waals surface area contributed by atoms with Crippen molar-refractivity contribution >= 4 is 5.96 Å². The molecule has 0 rings (SSSR count). The van der Waals surface area contributed by atoms with Gasteiger partial charge in [-0.05, 0) is 6.42 Å². The molecule has 66 valence electrons. The van der Waals surface area contributed by atoms with E-state index in [1.165, 1.54) is 19.3 Å². The zero-order valence-electron chi connectivity index (χ0n) is 7.80. The molecule has 3 heteroatoms. The van der Waals surface area contributed by atoms with Crippen molar-refractivity contribution in [1.82, 2.24) is 4.90 Å². The van der Waals surface area contributed by atoms with E-state index in [2.05, 4.69) is 11.9 Å². The molecule has 0 aliphatic heterocycles. The highest BCUT2D eigenvalue weighted by Crippen LogP contribution is 1.95. The first-order valence-electron chi connectivity index (χ1n) is 4.15. The first-order valence-corrected chi connectivity index (χ1v) is 4.15. The van der Waals surface area contributed by atoms with Crippen molar-refractivity contribution in [1.29, 1.82) is 0 Å². The van der Waals surface area contributed by atoms with E-state index in [0.29, 0.717) is 5.96 Å². The topological polar surface area (TPSA) is 41.6 Å². The van der Waals surface area contributed by atoms with Crippen molar-refractivity contribution in [3.05, 3.63) is 0 Å². The predicted molar refractivity (Wildman–Crippen MR) is 49.7 cm³/mol. The van der Waals surface area contributed by atoms with Crippen LogP contribution in [0.5, 0.6) is 0 Å². The Balaban J connectivity index is 3.44. The Morgan fingerprint density at radius 2 is 2.09 bits per heavy atom. The third-order valence-corrected chi connectivity index (χ3v) is 1.72. The van der Waals surface area contributed by atoms with Gasteiger partial charge >= 0.3 is 0 Å². The minimum atomic E-state index is 0.626. The van der Waals surface area contributed by atoms with E-state index < -0.39 is 0 Å². The second-order valence-electron chi connectivity index (χ2n) is 2.71. The number of nitrogens with two attached hydrogens (primary N) is 1. The number of aliphatic imine (C=N–C) groups is 1. The SMILES string of the molecule is CCCCCN(C)C(N)=NC. The molecule has 0 aliphatic carbocycles. The fourth-order valence-corrected chi connectivity index (χ4v) is 0.884. The highest BCUT2D eigenvalue weighted by atomic mass is 15.2. The Kier molecular flexibility index (Phi) is 5.61. The zero-order chi connectivity index (χ0) is 8.69. The third-order valence-electron chi connectivity index (χ3n) is 1.72. The summed E-state index contributed by atoms with van der Waals surface area (Å²) in [5.41, 5.74) is 5.57. The van der Waals surface area contributed by atoms with Crippen LogP contribution >= 0.6 is 0 Å². The third kappa shape index (κ3) is 4.65. The summed E-state index contributed by atoms with van der Waals surface area (Å²) < 4.78 is 0. The second-order valence-corrected chi connectivity index (χ2v) is 2.71. The summed E-state index contributed by atoms with van der Waals surface area (Å²) in [6.45, 7) is 3.20. The highest BCUT2D eigenvalue weighted by Gasteiger charge is 1.97. The minimum Gasteiger partial charge on any atom is -0.370 e. The molecule has 0 heterocycles. The largest absolute Gasteiger partial charge is 0.370 e. The lowest BCUT2D eigenvalue weighted by Crippen LogP contribution is -2.34. The minimum absolute atomic E-state index is 0.626. The van der Waals surface area contributed by atoms with E-state index in [1.807, 2.05) is 11.9 Å². The van der Waals surface area contributed by atoms with Gasteiger partial charge in [0.15, 0.2) is 5.96 Å². The Morgan fingerprint density at radius 1 is 1.45 bits per heavy atom. The summed E-state index contributed by atoms with van der Waals surface area (Å²) in [5, 5.41) is 0. The summed E-state index contributed by atoms with van der Waals surface area (Å²) in [6.07, 6.45) is 3.71. The highest BCUT2D eigenvalue weighted by molar-refractivity contribution is 5.77. The van der Waals surface area contributed by atoms with Crippen LogP contribution in [0.3, 0.4) is 0 Å². The van der Waals surface area contributed by atoms with E-state index in [-0.39, 0.29) is 0 Å². The van der Waals surface area contributed by atoms with Crippen LogP contribution in [-0.4, -0.2) is 31.5 Å². The van der Waals surface area contributed by atoms with Gasteiger partial charge in [-0.15, -0.1) is 0 Å². The van der Waals surface area contributed by atoms with E-state index in [0.717, 1.165) is 6.54 Å². The smallest absolute Gasteiger partial charge is 0.190 e. The van der Waals surface area contributed by atoms with Crippen molar-refractivity contribution in [3.63, 3.8) is 0 Å². The molecular formula is C8H19N3. The second kappa shape index (κ2) is 6.01. The van der Waals surface area contributed by atoms with Gasteiger partial charge in [-0.2, -0.15) is 0 Å². The molecule has 0 saturated heterocycles. The van der Waals surface area contributed by atoms with Crippen LogP contribution in [0.4, 0.5) is 0 Å². The fourth-order valence-electron chi connectivity index (χ4n) is 0.884. The van der Waals surface area contributed by atoms with Gasteiger partial charge in [0.1, 0.15) is 0 Å². The molecule has 0 radical (unpaired) electrons. The quantitative estimate of drug-likeness (QED) is 0.376. The van der Waals surface area contributed by atoms with Crippen LogP contribution in [0, 0.1) is 0 Å². The lowest BCUT2D eigenvalue weighted by atomic mass is 10.2. The van der Waals surface area contributed by atoms with Crippen LogP contribution in [-0.2, 0) is 0 Å². The number of hydrogen-bond acceptors (Lipinski definition) is 1. The van der Waals surface area contributed by atoms with Crippen molar-refractivity contribution in [3.8, 4) is 0 Å². The Morgan fingerprint density at radius 3 is 2.55 bits per heavy atom. The molecule has 0 atom stereocenters. The molecule has 0 saturated carbocycles. The van der Waals surface area contributed by atoms with Gasteiger partial charge in [0.2, 0.25) is 0 Å². The van der Waals surface area contributed by atoms with Gasteiger partial charge in [-0.1, -0.05) is 19.8 Å². The van der Waals surface area contributed by atoms with Crippen molar-refractivity contribution < 1.29 is 0 Å². The normalized spacial score (nSPS) is 11.7. The van der Waals surface area contributed by atoms with Crippen LogP contribution in [0.1, 0.15) is 26.2 Å². The molecule has 0 spiro atoms. The number of hydrogen-bond donors (Lipinski definition) is 1. The standard InChI is InChI=1S/C8H19N3/c1-4-5-6-7-11(3)8(9)10-2/h4-7H2,1-3H3,(H2,9,10).